The van der Waals surface area contributed by atoms with E-state index in [4.69, 9.17) is 9.94 Å². The van der Waals surface area contributed by atoms with Crippen molar-refractivity contribution in [1.29, 1.82) is 0 Å². The first kappa shape index (κ1) is 7.61. The summed E-state index contributed by atoms with van der Waals surface area (Å²) in [5.74, 6) is 1.23. The van der Waals surface area contributed by atoms with E-state index in [9.17, 15) is 0 Å². The summed E-state index contributed by atoms with van der Waals surface area (Å²) in [6.07, 6.45) is 5.66. The first-order valence-corrected chi connectivity index (χ1v) is 4.17. The van der Waals surface area contributed by atoms with Crippen LogP contribution in [0.15, 0.2) is 17.1 Å². The van der Waals surface area contributed by atoms with Crippen LogP contribution in [0.4, 0.5) is 0 Å². The van der Waals surface area contributed by atoms with Crippen LogP contribution in [-0.4, -0.2) is 29.6 Å². The van der Waals surface area contributed by atoms with Crippen LogP contribution in [0.2, 0.25) is 0 Å². The topological polar surface area (TPSA) is 45.1 Å². The third-order valence-corrected chi connectivity index (χ3v) is 1.91. The molecule has 1 saturated carbocycles. The summed E-state index contributed by atoms with van der Waals surface area (Å²) < 4.78 is 5.34. The summed E-state index contributed by atoms with van der Waals surface area (Å²) in [6.45, 7) is 1.17. The minimum atomic E-state index is 0.441. The highest BCUT2D eigenvalue weighted by Crippen LogP contribution is 2.29. The van der Waals surface area contributed by atoms with E-state index in [1.54, 1.807) is 6.21 Å². The Morgan fingerprint density at radius 2 is 2.50 bits per heavy atom. The molecule has 2 rings (SSSR count). The number of hydroxylamine groups is 2. The third kappa shape index (κ3) is 1.98. The molecule has 0 aromatic carbocycles. The average molecular weight is 168 g/mol. The van der Waals surface area contributed by atoms with Crippen LogP contribution in [0, 0.1) is 5.92 Å². The lowest BCUT2D eigenvalue weighted by atomic mass is 10.5. The van der Waals surface area contributed by atoms with Gasteiger partial charge in [0.2, 0.25) is 5.88 Å². The van der Waals surface area contributed by atoms with Crippen molar-refractivity contribution in [2.75, 3.05) is 13.2 Å². The van der Waals surface area contributed by atoms with Crippen molar-refractivity contribution in [2.45, 2.75) is 12.8 Å². The fourth-order valence-corrected chi connectivity index (χ4v) is 0.990. The Hall–Kier alpha value is -1.03. The fraction of sp³-hybridized carbons (Fsp3) is 0.625. The highest BCUT2D eigenvalue weighted by molar-refractivity contribution is 5.62. The van der Waals surface area contributed by atoms with Gasteiger partial charge in [0, 0.05) is 6.21 Å². The second kappa shape index (κ2) is 3.15. The SMILES string of the molecule is ON1C=C(OCC2CC2)N=CC1. The van der Waals surface area contributed by atoms with Crippen molar-refractivity contribution in [1.82, 2.24) is 5.06 Å². The van der Waals surface area contributed by atoms with Crippen LogP contribution < -0.4 is 0 Å². The molecule has 1 heterocycles. The van der Waals surface area contributed by atoms with Crippen LogP contribution in [0.3, 0.4) is 0 Å². The standard InChI is InChI=1S/C8H12N2O2/c11-10-4-3-9-8(5-10)12-6-7-1-2-7/h3,5,7,11H,1-2,4,6H2. The second-order valence-corrected chi connectivity index (χ2v) is 3.16. The molecule has 0 spiro atoms. The lowest BCUT2D eigenvalue weighted by Crippen LogP contribution is -2.19. The number of ether oxygens (including phenoxy) is 1. The van der Waals surface area contributed by atoms with Crippen LogP contribution in [0.25, 0.3) is 0 Å². The molecule has 0 saturated heterocycles. The van der Waals surface area contributed by atoms with Crippen molar-refractivity contribution >= 4 is 6.21 Å². The minimum Gasteiger partial charge on any atom is -0.476 e. The van der Waals surface area contributed by atoms with E-state index in [1.807, 2.05) is 0 Å². The van der Waals surface area contributed by atoms with Gasteiger partial charge in [-0.1, -0.05) is 0 Å². The Kier molecular flexibility index (Phi) is 1.99. The number of nitrogens with zero attached hydrogens (tertiary/aromatic N) is 2. The summed E-state index contributed by atoms with van der Waals surface area (Å²) in [7, 11) is 0. The quantitative estimate of drug-likeness (QED) is 0.683. The smallest absolute Gasteiger partial charge is 0.232 e. The van der Waals surface area contributed by atoms with E-state index in [1.165, 1.54) is 19.0 Å². The molecule has 2 aliphatic rings. The monoisotopic (exact) mass is 168 g/mol. The van der Waals surface area contributed by atoms with Gasteiger partial charge in [0.05, 0.1) is 19.4 Å². The first-order chi connectivity index (χ1) is 5.84. The van der Waals surface area contributed by atoms with E-state index >= 15 is 0 Å². The molecule has 12 heavy (non-hydrogen) atoms. The molecule has 1 aliphatic carbocycles. The molecule has 1 N–H and O–H groups in total. The number of rotatable bonds is 3. The van der Waals surface area contributed by atoms with Crippen LogP contribution in [0.5, 0.6) is 0 Å². The number of hydrogen-bond acceptors (Lipinski definition) is 4. The van der Waals surface area contributed by atoms with Gasteiger partial charge in [0.25, 0.3) is 0 Å². The molecule has 0 radical (unpaired) electrons. The van der Waals surface area contributed by atoms with Gasteiger partial charge >= 0.3 is 0 Å². The Labute approximate surface area is 71.1 Å². The van der Waals surface area contributed by atoms with Gasteiger partial charge in [0.15, 0.2) is 0 Å². The summed E-state index contributed by atoms with van der Waals surface area (Å²) in [6, 6.07) is 0. The zero-order valence-corrected chi connectivity index (χ0v) is 6.81. The fourth-order valence-electron chi connectivity index (χ4n) is 0.990. The Bertz CT molecular complexity index is 221. The Morgan fingerprint density at radius 3 is 3.17 bits per heavy atom. The molecule has 4 heteroatoms. The minimum absolute atomic E-state index is 0.441. The highest BCUT2D eigenvalue weighted by Gasteiger charge is 2.22. The predicted octanol–water partition coefficient (Wildman–Crippen LogP) is 0.988. The van der Waals surface area contributed by atoms with Crippen molar-refractivity contribution in [3.8, 4) is 0 Å². The van der Waals surface area contributed by atoms with Crippen LogP contribution >= 0.6 is 0 Å². The molecule has 0 atom stereocenters. The molecule has 0 bridgehead atoms. The van der Waals surface area contributed by atoms with Gasteiger partial charge < -0.3 is 4.74 Å². The van der Waals surface area contributed by atoms with E-state index in [0.717, 1.165) is 17.6 Å². The van der Waals surface area contributed by atoms with Crippen molar-refractivity contribution < 1.29 is 9.94 Å². The largest absolute Gasteiger partial charge is 0.476 e. The Morgan fingerprint density at radius 1 is 1.67 bits per heavy atom. The van der Waals surface area contributed by atoms with Crippen molar-refractivity contribution in [3.63, 3.8) is 0 Å². The molecule has 4 nitrogen and oxygen atoms in total. The van der Waals surface area contributed by atoms with Gasteiger partial charge in [-0.3, -0.25) is 10.3 Å². The first-order valence-electron chi connectivity index (χ1n) is 4.17. The molecule has 1 aliphatic heterocycles. The number of aliphatic imine (C=N–C) groups is 1. The van der Waals surface area contributed by atoms with E-state index in [0.29, 0.717) is 12.4 Å². The molecule has 66 valence electrons. The predicted molar refractivity (Wildman–Crippen MR) is 43.7 cm³/mol. The average Bonchev–Trinajstić information content (AvgIpc) is 2.84. The lowest BCUT2D eigenvalue weighted by molar-refractivity contribution is -0.0314. The summed E-state index contributed by atoms with van der Waals surface area (Å²) in [5.41, 5.74) is 0. The van der Waals surface area contributed by atoms with Gasteiger partial charge in [0.1, 0.15) is 0 Å². The van der Waals surface area contributed by atoms with Crippen molar-refractivity contribution in [2.24, 2.45) is 10.9 Å². The zero-order valence-electron chi connectivity index (χ0n) is 6.81. The summed E-state index contributed by atoms with van der Waals surface area (Å²) >= 11 is 0. The summed E-state index contributed by atoms with van der Waals surface area (Å²) in [5, 5.41) is 10.1. The summed E-state index contributed by atoms with van der Waals surface area (Å²) in [4.78, 5) is 3.99. The maximum atomic E-state index is 9.05. The van der Waals surface area contributed by atoms with Gasteiger partial charge in [-0.05, 0) is 18.8 Å². The molecular weight excluding hydrogens is 156 g/mol. The normalized spacial score (nSPS) is 22.4. The van der Waals surface area contributed by atoms with Crippen LogP contribution in [0.1, 0.15) is 12.8 Å². The zero-order chi connectivity index (χ0) is 8.39. The second-order valence-electron chi connectivity index (χ2n) is 3.16. The van der Waals surface area contributed by atoms with E-state index in [-0.39, 0.29) is 0 Å². The molecular formula is C8H12N2O2. The van der Waals surface area contributed by atoms with Crippen LogP contribution in [-0.2, 0) is 4.74 Å². The third-order valence-electron chi connectivity index (χ3n) is 1.91. The highest BCUT2D eigenvalue weighted by atomic mass is 16.5. The molecule has 0 aromatic rings. The van der Waals surface area contributed by atoms with E-state index in [2.05, 4.69) is 4.99 Å². The number of hydrogen-bond donors (Lipinski definition) is 1. The van der Waals surface area contributed by atoms with Gasteiger partial charge in [-0.2, -0.15) is 0 Å². The molecule has 0 unspecified atom stereocenters. The maximum Gasteiger partial charge on any atom is 0.232 e. The maximum absolute atomic E-state index is 9.05. The molecule has 0 amide bonds. The Balaban J connectivity index is 1.80. The molecule has 1 fully saturated rings. The van der Waals surface area contributed by atoms with Crippen molar-refractivity contribution in [3.05, 3.63) is 12.1 Å². The van der Waals surface area contributed by atoms with Gasteiger partial charge in [-0.25, -0.2) is 4.99 Å². The molecule has 0 aromatic heterocycles. The lowest BCUT2D eigenvalue weighted by Gasteiger charge is -2.14. The van der Waals surface area contributed by atoms with Gasteiger partial charge in [-0.15, -0.1) is 0 Å². The van der Waals surface area contributed by atoms with E-state index < -0.39 is 0 Å².